The van der Waals surface area contributed by atoms with Gasteiger partial charge in [-0.05, 0) is 35.1 Å². The molecule has 0 bridgehead atoms. The fourth-order valence-corrected chi connectivity index (χ4v) is 2.67. The Hall–Kier alpha value is -2.26. The van der Waals surface area contributed by atoms with Crippen molar-refractivity contribution in [2.75, 3.05) is 0 Å². The summed E-state index contributed by atoms with van der Waals surface area (Å²) in [6, 6.07) is 17.6. The quantitative estimate of drug-likeness (QED) is 0.487. The van der Waals surface area contributed by atoms with Crippen LogP contribution in [0.25, 0.3) is 0 Å². The highest BCUT2D eigenvalue weighted by Gasteiger charge is 2.21. The molecule has 1 heterocycles. The minimum absolute atomic E-state index is 0.160. The molecule has 0 spiro atoms. The molecule has 3 aromatic rings. The van der Waals surface area contributed by atoms with Gasteiger partial charge in [0, 0.05) is 22.7 Å². The molecule has 0 fully saturated rings. The minimum atomic E-state index is 0.160. The second-order valence-electron chi connectivity index (χ2n) is 4.51. The van der Waals surface area contributed by atoms with Gasteiger partial charge in [0.1, 0.15) is 0 Å². The molecule has 3 heteroatoms. The summed E-state index contributed by atoms with van der Waals surface area (Å²) in [5.41, 5.74) is 4.00. The number of carbonyl (C=O) groups is 1. The highest BCUT2D eigenvalue weighted by molar-refractivity contribution is 7.03. The van der Waals surface area contributed by atoms with E-state index in [1.807, 2.05) is 60.0 Å². The summed E-state index contributed by atoms with van der Waals surface area (Å²) in [5.74, 6) is 0.160. The lowest BCUT2D eigenvalue weighted by molar-refractivity contribution is 0.103. The van der Waals surface area contributed by atoms with E-state index in [1.165, 1.54) is 11.5 Å². The van der Waals surface area contributed by atoms with Crippen molar-refractivity contribution < 1.29 is 4.79 Å². The van der Waals surface area contributed by atoms with Crippen LogP contribution < -0.4 is 0 Å². The van der Waals surface area contributed by atoms with E-state index in [0.29, 0.717) is 0 Å². The molecule has 1 aliphatic carbocycles. The highest BCUT2D eigenvalue weighted by atomic mass is 32.1. The normalized spacial score (nSPS) is 11.9. The van der Waals surface area contributed by atoms with E-state index in [2.05, 4.69) is 4.37 Å². The van der Waals surface area contributed by atoms with Crippen LogP contribution in [0.2, 0.25) is 0 Å². The van der Waals surface area contributed by atoms with E-state index in [1.54, 1.807) is 6.20 Å². The lowest BCUT2D eigenvalue weighted by atomic mass is 9.85. The maximum atomic E-state index is 12.1. The molecule has 0 saturated carbocycles. The summed E-state index contributed by atoms with van der Waals surface area (Å²) in [6.07, 6.45) is 2.64. The van der Waals surface area contributed by atoms with Crippen LogP contribution in [0.3, 0.4) is 0 Å². The van der Waals surface area contributed by atoms with Crippen LogP contribution in [0.4, 0.5) is 0 Å². The van der Waals surface area contributed by atoms with Gasteiger partial charge in [-0.2, -0.15) is 0 Å². The third-order valence-electron chi connectivity index (χ3n) is 3.25. The zero-order chi connectivity index (χ0) is 13.8. The van der Waals surface area contributed by atoms with Crippen LogP contribution in [-0.4, -0.2) is 10.2 Å². The average Bonchev–Trinajstić information content (AvgIpc) is 3.07. The number of ketones is 1. The van der Waals surface area contributed by atoms with Crippen molar-refractivity contribution in [1.82, 2.24) is 4.37 Å². The van der Waals surface area contributed by atoms with Crippen molar-refractivity contribution in [3.8, 4) is 0 Å². The van der Waals surface area contributed by atoms with Gasteiger partial charge in [-0.3, -0.25) is 4.79 Å². The second-order valence-corrected chi connectivity index (χ2v) is 5.20. The smallest absolute Gasteiger partial charge is 0.193 e. The van der Waals surface area contributed by atoms with E-state index in [9.17, 15) is 4.79 Å². The number of hydrogen-bond acceptors (Lipinski definition) is 3. The molecule has 0 amide bonds. The summed E-state index contributed by atoms with van der Waals surface area (Å²) in [4.78, 5) is 12.1. The summed E-state index contributed by atoms with van der Waals surface area (Å²) >= 11 is 1.46. The molecular weight excluding hydrogens is 266 g/mol. The van der Waals surface area contributed by atoms with E-state index in [0.717, 1.165) is 28.7 Å². The molecule has 0 atom stereocenters. The van der Waals surface area contributed by atoms with E-state index < -0.39 is 0 Å². The first-order valence-electron chi connectivity index (χ1n) is 6.41. The van der Waals surface area contributed by atoms with Crippen LogP contribution in [0.5, 0.6) is 0 Å². The van der Waals surface area contributed by atoms with E-state index in [4.69, 9.17) is 0 Å². The number of fused-ring (bicyclic) bond motifs is 2. The van der Waals surface area contributed by atoms with Crippen molar-refractivity contribution >= 4 is 17.3 Å². The monoisotopic (exact) mass is 279 g/mol. The summed E-state index contributed by atoms with van der Waals surface area (Å²) < 4.78 is 3.76. The Morgan fingerprint density at radius 3 is 1.90 bits per heavy atom. The molecule has 98 valence electrons. The molecule has 20 heavy (non-hydrogen) atoms. The second kappa shape index (κ2) is 5.80. The average molecular weight is 279 g/mol. The maximum Gasteiger partial charge on any atom is 0.193 e. The number of nitrogens with zero attached hydrogens (tertiary/aromatic N) is 1. The summed E-state index contributed by atoms with van der Waals surface area (Å²) in [6.45, 7) is 0. The Labute approximate surface area is 121 Å². The number of carbonyl (C=O) groups excluding carboxylic acids is 1. The zero-order valence-electron chi connectivity index (χ0n) is 10.8. The summed E-state index contributed by atoms with van der Waals surface area (Å²) in [7, 11) is 0. The van der Waals surface area contributed by atoms with Gasteiger partial charge >= 0.3 is 0 Å². The van der Waals surface area contributed by atoms with E-state index >= 15 is 0 Å². The first-order chi connectivity index (χ1) is 9.86. The molecule has 0 saturated heterocycles. The Morgan fingerprint density at radius 2 is 1.45 bits per heavy atom. The largest absolute Gasteiger partial charge is 0.289 e. The minimum Gasteiger partial charge on any atom is -0.289 e. The van der Waals surface area contributed by atoms with Crippen LogP contribution in [0, 0.1) is 0 Å². The molecule has 0 radical (unpaired) electrons. The van der Waals surface area contributed by atoms with Crippen LogP contribution in [-0.2, 0) is 6.42 Å². The Bertz CT molecular complexity index is 655. The van der Waals surface area contributed by atoms with Gasteiger partial charge in [-0.15, -0.1) is 0 Å². The van der Waals surface area contributed by atoms with Gasteiger partial charge in [0.25, 0.3) is 0 Å². The maximum absolute atomic E-state index is 12.1. The van der Waals surface area contributed by atoms with Crippen LogP contribution in [0.15, 0.2) is 66.2 Å². The van der Waals surface area contributed by atoms with Gasteiger partial charge in [-0.1, -0.05) is 48.5 Å². The van der Waals surface area contributed by atoms with Crippen molar-refractivity contribution in [2.24, 2.45) is 0 Å². The zero-order valence-corrected chi connectivity index (χ0v) is 11.6. The predicted octanol–water partition coefficient (Wildman–Crippen LogP) is 3.96. The molecule has 4 rings (SSSR count). The van der Waals surface area contributed by atoms with Crippen molar-refractivity contribution in [3.63, 3.8) is 0 Å². The Balaban J connectivity index is 0.000000205. The van der Waals surface area contributed by atoms with Crippen molar-refractivity contribution in [2.45, 2.75) is 6.42 Å². The van der Waals surface area contributed by atoms with Crippen LogP contribution in [0.1, 0.15) is 27.0 Å². The number of hydrogen-bond donors (Lipinski definition) is 0. The number of aromatic nitrogens is 1. The third kappa shape index (κ3) is 2.53. The SMILES string of the molecule is O=C1c2ccccc2Cc2ccccc21.c1cnsc1. The predicted molar refractivity (Wildman–Crippen MR) is 81.2 cm³/mol. The topological polar surface area (TPSA) is 30.0 Å². The van der Waals surface area contributed by atoms with Gasteiger partial charge in [-0.25, -0.2) is 4.37 Å². The first-order valence-corrected chi connectivity index (χ1v) is 7.25. The molecule has 2 aromatic carbocycles. The van der Waals surface area contributed by atoms with Gasteiger partial charge < -0.3 is 0 Å². The first kappa shape index (κ1) is 12.8. The van der Waals surface area contributed by atoms with E-state index in [-0.39, 0.29) is 5.78 Å². The number of benzene rings is 2. The van der Waals surface area contributed by atoms with Gasteiger partial charge in [0.2, 0.25) is 0 Å². The number of rotatable bonds is 0. The molecule has 0 aliphatic heterocycles. The Morgan fingerprint density at radius 1 is 0.850 bits per heavy atom. The standard InChI is InChI=1S/C14H10O.C3H3NS/c15-14-12-7-3-1-5-10(12)9-11-6-2-4-8-13(11)14;1-2-4-5-3-1/h1-8H,9H2;1-3H. The molecule has 1 aliphatic rings. The molecule has 2 nitrogen and oxygen atoms in total. The van der Waals surface area contributed by atoms with Crippen LogP contribution >= 0.6 is 11.5 Å². The molecule has 1 aromatic heterocycles. The van der Waals surface area contributed by atoms with Crippen molar-refractivity contribution in [1.29, 1.82) is 0 Å². The molecule has 0 unspecified atom stereocenters. The molecule has 0 N–H and O–H groups in total. The van der Waals surface area contributed by atoms with Crippen molar-refractivity contribution in [3.05, 3.63) is 88.4 Å². The molecular formula is C17H13NOS. The lowest BCUT2D eigenvalue weighted by Crippen LogP contribution is -2.14. The third-order valence-corrected chi connectivity index (χ3v) is 3.77. The lowest BCUT2D eigenvalue weighted by Gasteiger charge is -2.17. The van der Waals surface area contributed by atoms with Gasteiger partial charge in [0.05, 0.1) is 0 Å². The fraction of sp³-hybridized carbons (Fsp3) is 0.0588. The van der Waals surface area contributed by atoms with Gasteiger partial charge in [0.15, 0.2) is 5.78 Å². The fourth-order valence-electron chi connectivity index (χ4n) is 2.32. The highest BCUT2D eigenvalue weighted by Crippen LogP contribution is 2.26. The summed E-state index contributed by atoms with van der Waals surface area (Å²) in [5, 5.41) is 1.93. The Kier molecular flexibility index (Phi) is 3.70.